The zero-order chi connectivity index (χ0) is 13.1. The second-order valence-corrected chi connectivity index (χ2v) is 5.81. The van der Waals surface area contributed by atoms with Crippen molar-refractivity contribution in [3.63, 3.8) is 0 Å². The predicted octanol–water partition coefficient (Wildman–Crippen LogP) is 3.78. The highest BCUT2D eigenvalue weighted by molar-refractivity contribution is 5.68. The van der Waals surface area contributed by atoms with Gasteiger partial charge in [-0.15, -0.1) is 0 Å². The first-order chi connectivity index (χ1) is 8.56. The molecule has 2 heteroatoms. The molecule has 0 saturated heterocycles. The molecule has 0 fully saturated rings. The van der Waals surface area contributed by atoms with E-state index in [1.807, 2.05) is 0 Å². The molecule has 1 N–H and O–H groups in total. The summed E-state index contributed by atoms with van der Waals surface area (Å²) in [5, 5.41) is 9.05. The Hall–Kier alpha value is -1.31. The molecule has 98 valence electrons. The number of carboxylic acids is 1. The van der Waals surface area contributed by atoms with E-state index in [0.717, 1.165) is 12.8 Å². The van der Waals surface area contributed by atoms with Gasteiger partial charge in [-0.1, -0.05) is 32.0 Å². The highest BCUT2D eigenvalue weighted by atomic mass is 16.4. The SMILES string of the molecule is CC(C)CC(CC(=O)O)c1ccc2c(c1)CCC2. The zero-order valence-electron chi connectivity index (χ0n) is 11.3. The summed E-state index contributed by atoms with van der Waals surface area (Å²) in [6.07, 6.45) is 4.78. The highest BCUT2D eigenvalue weighted by Gasteiger charge is 2.19. The summed E-state index contributed by atoms with van der Waals surface area (Å²) in [7, 11) is 0. The van der Waals surface area contributed by atoms with Gasteiger partial charge in [-0.3, -0.25) is 4.79 Å². The average molecular weight is 246 g/mol. The van der Waals surface area contributed by atoms with Crippen LogP contribution in [0.1, 0.15) is 55.7 Å². The summed E-state index contributed by atoms with van der Waals surface area (Å²) in [6.45, 7) is 4.31. The molecule has 1 unspecified atom stereocenters. The van der Waals surface area contributed by atoms with E-state index in [0.29, 0.717) is 5.92 Å². The Labute approximate surface area is 109 Å². The summed E-state index contributed by atoms with van der Waals surface area (Å²) >= 11 is 0. The van der Waals surface area contributed by atoms with Crippen molar-refractivity contribution in [1.29, 1.82) is 0 Å². The quantitative estimate of drug-likeness (QED) is 0.858. The van der Waals surface area contributed by atoms with Gasteiger partial charge >= 0.3 is 5.97 Å². The van der Waals surface area contributed by atoms with Crippen molar-refractivity contribution in [1.82, 2.24) is 0 Å². The molecule has 0 saturated carbocycles. The molecule has 0 heterocycles. The fourth-order valence-corrected chi connectivity index (χ4v) is 2.96. The summed E-state index contributed by atoms with van der Waals surface area (Å²) in [4.78, 5) is 11.0. The second kappa shape index (κ2) is 5.55. The van der Waals surface area contributed by atoms with Crippen LogP contribution < -0.4 is 0 Å². The number of benzene rings is 1. The van der Waals surface area contributed by atoms with E-state index in [9.17, 15) is 4.79 Å². The molecule has 18 heavy (non-hydrogen) atoms. The molecule has 1 aromatic rings. The minimum Gasteiger partial charge on any atom is -0.481 e. The first-order valence-electron chi connectivity index (χ1n) is 6.89. The van der Waals surface area contributed by atoms with Crippen molar-refractivity contribution in [2.75, 3.05) is 0 Å². The van der Waals surface area contributed by atoms with Gasteiger partial charge in [-0.2, -0.15) is 0 Å². The summed E-state index contributed by atoms with van der Waals surface area (Å²) in [6, 6.07) is 6.59. The number of hydrogen-bond donors (Lipinski definition) is 1. The third kappa shape index (κ3) is 3.12. The van der Waals surface area contributed by atoms with E-state index in [-0.39, 0.29) is 12.3 Å². The third-order valence-electron chi connectivity index (χ3n) is 3.77. The number of aryl methyl sites for hydroxylation is 2. The third-order valence-corrected chi connectivity index (χ3v) is 3.77. The van der Waals surface area contributed by atoms with Gasteiger partial charge in [0.25, 0.3) is 0 Å². The molecule has 1 aliphatic rings. The first kappa shape index (κ1) is 13.1. The fraction of sp³-hybridized carbons (Fsp3) is 0.562. The Morgan fingerprint density at radius 3 is 2.67 bits per heavy atom. The Kier molecular flexibility index (Phi) is 4.05. The minimum absolute atomic E-state index is 0.161. The van der Waals surface area contributed by atoms with E-state index in [1.54, 1.807) is 0 Å². The number of carboxylic acid groups (broad SMARTS) is 1. The maximum absolute atomic E-state index is 11.0. The van der Waals surface area contributed by atoms with Crippen LogP contribution in [0.5, 0.6) is 0 Å². The van der Waals surface area contributed by atoms with Crippen molar-refractivity contribution in [3.8, 4) is 0 Å². The standard InChI is InChI=1S/C16H22O2/c1-11(2)8-15(10-16(17)18)14-7-6-12-4-3-5-13(12)9-14/h6-7,9,11,15H,3-5,8,10H2,1-2H3,(H,17,18). The maximum Gasteiger partial charge on any atom is 0.303 e. The Bertz CT molecular complexity index is 435. The lowest BCUT2D eigenvalue weighted by Crippen LogP contribution is -2.09. The summed E-state index contributed by atoms with van der Waals surface area (Å²) < 4.78 is 0. The van der Waals surface area contributed by atoms with Crippen LogP contribution >= 0.6 is 0 Å². The second-order valence-electron chi connectivity index (χ2n) is 5.81. The molecule has 1 aliphatic carbocycles. The van der Waals surface area contributed by atoms with Gasteiger partial charge in [-0.05, 0) is 54.2 Å². The molecule has 1 aromatic carbocycles. The fourth-order valence-electron chi connectivity index (χ4n) is 2.96. The van der Waals surface area contributed by atoms with Gasteiger partial charge in [0, 0.05) is 0 Å². The van der Waals surface area contributed by atoms with E-state index in [4.69, 9.17) is 5.11 Å². The molecule has 2 nitrogen and oxygen atoms in total. The molecular formula is C16H22O2. The van der Waals surface area contributed by atoms with Crippen LogP contribution in [0.15, 0.2) is 18.2 Å². The highest BCUT2D eigenvalue weighted by Crippen LogP contribution is 2.31. The topological polar surface area (TPSA) is 37.3 Å². The molecule has 1 atom stereocenters. The molecule has 0 radical (unpaired) electrons. The van der Waals surface area contributed by atoms with Gasteiger partial charge in [0.1, 0.15) is 0 Å². The molecule has 0 spiro atoms. The molecule has 0 amide bonds. The average Bonchev–Trinajstić information content (AvgIpc) is 2.73. The molecule has 2 rings (SSSR count). The van der Waals surface area contributed by atoms with Crippen molar-refractivity contribution in [2.24, 2.45) is 5.92 Å². The summed E-state index contributed by atoms with van der Waals surface area (Å²) in [5.41, 5.74) is 4.11. The van der Waals surface area contributed by atoms with Crippen LogP contribution in [0.2, 0.25) is 0 Å². The summed E-state index contributed by atoms with van der Waals surface area (Å²) in [5.74, 6) is -0.00264. The predicted molar refractivity (Wildman–Crippen MR) is 72.9 cm³/mol. The van der Waals surface area contributed by atoms with Gasteiger partial charge in [0.2, 0.25) is 0 Å². The van der Waals surface area contributed by atoms with Crippen molar-refractivity contribution >= 4 is 5.97 Å². The Balaban J connectivity index is 2.21. The number of hydrogen-bond acceptors (Lipinski definition) is 1. The van der Waals surface area contributed by atoms with E-state index < -0.39 is 5.97 Å². The van der Waals surface area contributed by atoms with Crippen LogP contribution in [0, 0.1) is 5.92 Å². The van der Waals surface area contributed by atoms with Gasteiger partial charge < -0.3 is 5.11 Å². The van der Waals surface area contributed by atoms with Crippen LogP contribution in [-0.4, -0.2) is 11.1 Å². The lowest BCUT2D eigenvalue weighted by atomic mass is 9.86. The minimum atomic E-state index is -0.693. The molecular weight excluding hydrogens is 224 g/mol. The number of carbonyl (C=O) groups is 1. The van der Waals surface area contributed by atoms with E-state index in [2.05, 4.69) is 32.0 Å². The van der Waals surface area contributed by atoms with Crippen LogP contribution in [0.25, 0.3) is 0 Å². The Morgan fingerprint density at radius 1 is 1.28 bits per heavy atom. The smallest absolute Gasteiger partial charge is 0.303 e. The lowest BCUT2D eigenvalue weighted by Gasteiger charge is -2.18. The van der Waals surface area contributed by atoms with Crippen molar-refractivity contribution in [2.45, 2.75) is 51.9 Å². The lowest BCUT2D eigenvalue weighted by molar-refractivity contribution is -0.137. The number of rotatable bonds is 5. The van der Waals surface area contributed by atoms with Crippen LogP contribution in [0.4, 0.5) is 0 Å². The normalized spacial score (nSPS) is 15.7. The number of fused-ring (bicyclic) bond motifs is 1. The van der Waals surface area contributed by atoms with Gasteiger partial charge in [0.05, 0.1) is 6.42 Å². The van der Waals surface area contributed by atoms with Crippen LogP contribution in [0.3, 0.4) is 0 Å². The van der Waals surface area contributed by atoms with E-state index in [1.165, 1.54) is 29.5 Å². The Morgan fingerprint density at radius 2 is 2.00 bits per heavy atom. The monoisotopic (exact) mass is 246 g/mol. The maximum atomic E-state index is 11.0. The molecule has 0 aliphatic heterocycles. The zero-order valence-corrected chi connectivity index (χ0v) is 11.3. The van der Waals surface area contributed by atoms with Crippen molar-refractivity contribution in [3.05, 3.63) is 34.9 Å². The van der Waals surface area contributed by atoms with Crippen LogP contribution in [-0.2, 0) is 17.6 Å². The molecule has 0 bridgehead atoms. The van der Waals surface area contributed by atoms with Gasteiger partial charge in [-0.25, -0.2) is 0 Å². The first-order valence-corrected chi connectivity index (χ1v) is 6.89. The molecule has 0 aromatic heterocycles. The largest absolute Gasteiger partial charge is 0.481 e. The number of aliphatic carboxylic acids is 1. The van der Waals surface area contributed by atoms with Gasteiger partial charge in [0.15, 0.2) is 0 Å². The van der Waals surface area contributed by atoms with Crippen molar-refractivity contribution < 1.29 is 9.90 Å². The van der Waals surface area contributed by atoms with E-state index >= 15 is 0 Å².